The van der Waals surface area contributed by atoms with Crippen molar-refractivity contribution in [2.45, 2.75) is 23.2 Å². The van der Waals surface area contributed by atoms with Crippen molar-refractivity contribution in [1.82, 2.24) is 9.97 Å². The van der Waals surface area contributed by atoms with Gasteiger partial charge in [-0.2, -0.15) is 23.4 Å². The molecule has 10 nitrogen and oxygen atoms in total. The molecule has 1 amide bonds. The number of rotatable bonds is 8. The number of sulfonamides is 1. The Morgan fingerprint density at radius 2 is 1.79 bits per heavy atom. The smallest absolute Gasteiger partial charge is 0.399 e. The molecule has 1 aliphatic rings. The summed E-state index contributed by atoms with van der Waals surface area (Å²) in [5.74, 6) is -2.44. The van der Waals surface area contributed by atoms with Gasteiger partial charge in [0.05, 0.1) is 19.6 Å². The number of alkyl halides is 3. The van der Waals surface area contributed by atoms with Gasteiger partial charge in [-0.15, -0.1) is 0 Å². The first-order valence-electron chi connectivity index (χ1n) is 9.66. The van der Waals surface area contributed by atoms with Crippen molar-refractivity contribution in [3.8, 4) is 5.75 Å². The predicted molar refractivity (Wildman–Crippen MR) is 114 cm³/mol. The lowest BCUT2D eigenvalue weighted by Crippen LogP contribution is -2.25. The van der Waals surface area contributed by atoms with E-state index >= 15 is 0 Å². The molecule has 3 N–H and O–H groups in total. The molecule has 14 heteroatoms. The van der Waals surface area contributed by atoms with E-state index < -0.39 is 34.2 Å². The number of ether oxygens (including phenoxy) is 1. The van der Waals surface area contributed by atoms with Crippen LogP contribution in [0.3, 0.4) is 0 Å². The largest absolute Gasteiger partial charge is 0.495 e. The Balaban J connectivity index is 1.56. The number of imidazole rings is 1. The van der Waals surface area contributed by atoms with Gasteiger partial charge < -0.3 is 15.0 Å². The van der Waals surface area contributed by atoms with Crippen LogP contribution in [0.4, 0.5) is 24.5 Å². The van der Waals surface area contributed by atoms with Crippen molar-refractivity contribution in [2.75, 3.05) is 17.1 Å². The number of hydrogen-bond acceptors (Lipinski definition) is 7. The summed E-state index contributed by atoms with van der Waals surface area (Å²) >= 11 is 0. The topological polar surface area (TPSA) is 138 Å². The van der Waals surface area contributed by atoms with Gasteiger partial charge in [0.1, 0.15) is 22.3 Å². The van der Waals surface area contributed by atoms with E-state index in [0.717, 1.165) is 12.1 Å². The van der Waals surface area contributed by atoms with Gasteiger partial charge in [0.2, 0.25) is 0 Å². The second-order valence-corrected chi connectivity index (χ2v) is 8.83. The van der Waals surface area contributed by atoms with Crippen molar-refractivity contribution < 1.29 is 31.1 Å². The second kappa shape index (κ2) is 8.78. The molecule has 2 aromatic carbocycles. The fourth-order valence-electron chi connectivity index (χ4n) is 3.21. The molecule has 4 rings (SSSR count). The summed E-state index contributed by atoms with van der Waals surface area (Å²) in [5, 5.41) is 9.29. The van der Waals surface area contributed by atoms with Crippen LogP contribution in [0.1, 0.15) is 22.0 Å². The van der Waals surface area contributed by atoms with E-state index in [-0.39, 0.29) is 33.3 Å². The fourth-order valence-corrected chi connectivity index (χ4v) is 4.47. The maximum Gasteiger partial charge on any atom is 0.399 e. The molecule has 0 saturated heterocycles. The first-order valence-corrected chi connectivity index (χ1v) is 11.1. The van der Waals surface area contributed by atoms with Crippen LogP contribution in [-0.2, 0) is 10.0 Å². The minimum Gasteiger partial charge on any atom is -0.495 e. The predicted octanol–water partition coefficient (Wildman–Crippen LogP) is 3.91. The first-order chi connectivity index (χ1) is 16.1. The van der Waals surface area contributed by atoms with Crippen LogP contribution in [0.15, 0.2) is 70.1 Å². The number of amides is 1. The highest BCUT2D eigenvalue weighted by atomic mass is 32.2. The molecule has 1 aromatic heterocycles. The number of H-pyrrole nitrogens is 1. The molecule has 2 heterocycles. The van der Waals surface area contributed by atoms with Crippen LogP contribution < -0.4 is 14.8 Å². The summed E-state index contributed by atoms with van der Waals surface area (Å²) < 4.78 is 73.4. The molecular formula is C20H17F3N6O4S. The molecule has 1 atom stereocenters. The molecule has 1 aliphatic heterocycles. The second-order valence-electron chi connectivity index (χ2n) is 7.18. The van der Waals surface area contributed by atoms with Crippen molar-refractivity contribution in [3.63, 3.8) is 0 Å². The number of methoxy groups -OCH3 is 1. The average Bonchev–Trinajstić information content (AvgIpc) is 3.43. The number of nitrogens with one attached hydrogen (secondary N) is 3. The number of halogens is 3. The van der Waals surface area contributed by atoms with Gasteiger partial charge in [-0.1, -0.05) is 12.1 Å². The summed E-state index contributed by atoms with van der Waals surface area (Å²) in [7, 11) is -2.96. The highest BCUT2D eigenvalue weighted by Crippen LogP contribution is 2.43. The van der Waals surface area contributed by atoms with Crippen molar-refractivity contribution in [3.05, 3.63) is 66.2 Å². The number of aromatic amines is 1. The summed E-state index contributed by atoms with van der Waals surface area (Å²) in [5.41, 5.74) is 0.276. The van der Waals surface area contributed by atoms with E-state index in [0.29, 0.717) is 0 Å². The Labute approximate surface area is 191 Å². The lowest BCUT2D eigenvalue weighted by atomic mass is 9.97. The van der Waals surface area contributed by atoms with Crippen LogP contribution in [0.25, 0.3) is 0 Å². The summed E-state index contributed by atoms with van der Waals surface area (Å²) in [6.07, 6.45) is -3.12. The third kappa shape index (κ3) is 5.01. The van der Waals surface area contributed by atoms with E-state index in [9.17, 15) is 26.4 Å². The highest BCUT2D eigenvalue weighted by Gasteiger charge is 2.49. The molecule has 3 aromatic rings. The van der Waals surface area contributed by atoms with E-state index in [4.69, 9.17) is 4.74 Å². The van der Waals surface area contributed by atoms with Gasteiger partial charge in [0.15, 0.2) is 6.17 Å². The molecule has 0 spiro atoms. The van der Waals surface area contributed by atoms with E-state index in [1.54, 1.807) is 0 Å². The van der Waals surface area contributed by atoms with E-state index in [1.807, 2.05) is 0 Å². The fraction of sp³-hybridized carbons (Fsp3) is 0.200. The zero-order valence-electron chi connectivity index (χ0n) is 17.4. The zero-order valence-corrected chi connectivity index (χ0v) is 18.2. The molecular weight excluding hydrogens is 477 g/mol. The van der Waals surface area contributed by atoms with Gasteiger partial charge in [-0.3, -0.25) is 9.52 Å². The maximum absolute atomic E-state index is 13.3. The van der Waals surface area contributed by atoms with Crippen molar-refractivity contribution in [2.24, 2.45) is 10.2 Å². The van der Waals surface area contributed by atoms with E-state index in [1.165, 1.54) is 50.0 Å². The van der Waals surface area contributed by atoms with Crippen LogP contribution in [0.5, 0.6) is 5.75 Å². The van der Waals surface area contributed by atoms with Gasteiger partial charge in [0.25, 0.3) is 15.9 Å². The molecule has 34 heavy (non-hydrogen) atoms. The molecule has 0 saturated carbocycles. The maximum atomic E-state index is 13.3. The van der Waals surface area contributed by atoms with Crippen LogP contribution >= 0.6 is 0 Å². The number of nitrogens with zero attached hydrogens (tertiary/aromatic N) is 3. The molecule has 0 radical (unpaired) electrons. The Morgan fingerprint density at radius 3 is 2.35 bits per heavy atom. The van der Waals surface area contributed by atoms with Crippen molar-refractivity contribution in [1.29, 1.82) is 0 Å². The van der Waals surface area contributed by atoms with Crippen LogP contribution in [0, 0.1) is 0 Å². The minimum absolute atomic E-state index is 0.00208. The number of anilines is 2. The summed E-state index contributed by atoms with van der Waals surface area (Å²) in [6, 6.07) is 8.76. The Bertz CT molecular complexity index is 1320. The SMILES string of the molecule is COc1ccc(NC(=O)c2cnc[nH]2)cc1S(=O)(=O)Nc1ccc(C(C2N=N2)C(F)(F)F)cc1. The number of hydrogen-bond donors (Lipinski definition) is 3. The van der Waals surface area contributed by atoms with Crippen LogP contribution in [0.2, 0.25) is 0 Å². The molecule has 0 bridgehead atoms. The number of carbonyl (C=O) groups excluding carboxylic acids is 1. The molecule has 178 valence electrons. The molecule has 1 unspecified atom stereocenters. The van der Waals surface area contributed by atoms with Gasteiger partial charge >= 0.3 is 6.18 Å². The van der Waals surface area contributed by atoms with Gasteiger partial charge in [0, 0.05) is 11.4 Å². The number of aromatic nitrogens is 2. The van der Waals surface area contributed by atoms with Crippen molar-refractivity contribution >= 4 is 27.3 Å². The summed E-state index contributed by atoms with van der Waals surface area (Å²) in [4.78, 5) is 18.3. The standard InChI is InChI=1S/C20H17F3N6O4S/c1-33-15-7-6-13(26-19(30)14-9-24-10-25-14)8-16(15)34(31,32)29-12-4-2-11(3-5-12)17(18-27-28-18)20(21,22)23/h2-10,17-18,29H,1H3,(H,24,25)(H,26,30). The first kappa shape index (κ1) is 23.2. The normalized spacial score (nSPS) is 14.5. The van der Waals surface area contributed by atoms with Gasteiger partial charge in [-0.25, -0.2) is 13.4 Å². The lowest BCUT2D eigenvalue weighted by Gasteiger charge is -2.18. The Kier molecular flexibility index (Phi) is 6.00. The van der Waals surface area contributed by atoms with Crippen LogP contribution in [-0.4, -0.2) is 43.7 Å². The Hall–Kier alpha value is -3.94. The molecule has 0 fully saturated rings. The number of carbonyl (C=O) groups is 1. The zero-order chi connectivity index (χ0) is 24.5. The lowest BCUT2D eigenvalue weighted by molar-refractivity contribution is -0.151. The minimum atomic E-state index is -4.55. The number of benzene rings is 2. The third-order valence-electron chi connectivity index (χ3n) is 4.88. The van der Waals surface area contributed by atoms with Gasteiger partial charge in [-0.05, 0) is 35.9 Å². The Morgan fingerprint density at radius 1 is 1.12 bits per heavy atom. The van der Waals surface area contributed by atoms with E-state index in [2.05, 4.69) is 30.2 Å². The summed E-state index contributed by atoms with van der Waals surface area (Å²) in [6.45, 7) is 0. The average molecular weight is 494 g/mol. The molecule has 0 aliphatic carbocycles. The monoisotopic (exact) mass is 494 g/mol. The highest BCUT2D eigenvalue weighted by molar-refractivity contribution is 7.92. The quantitative estimate of drug-likeness (QED) is 0.436. The third-order valence-corrected chi connectivity index (χ3v) is 6.28.